The third-order valence-electron chi connectivity index (χ3n) is 8.10. The molecular weight excluding hydrogens is 500 g/mol. The maximum atomic E-state index is 12.7. The molecule has 0 heterocycles. The number of carbonyl (C=O) groups excluding carboxylic acids is 2. The normalized spacial score (nSPS) is 17.6. The van der Waals surface area contributed by atoms with Crippen LogP contribution in [0, 0.1) is 17.8 Å². The zero-order valence-electron chi connectivity index (χ0n) is 24.6. The van der Waals surface area contributed by atoms with E-state index in [9.17, 15) is 9.59 Å². The van der Waals surface area contributed by atoms with E-state index in [0.717, 1.165) is 56.1 Å². The van der Waals surface area contributed by atoms with E-state index in [1.807, 2.05) is 6.08 Å². The molecule has 1 aliphatic carbocycles. The van der Waals surface area contributed by atoms with Crippen LogP contribution in [0.15, 0.2) is 61.2 Å². The summed E-state index contributed by atoms with van der Waals surface area (Å²) in [4.78, 5) is 25.2. The fraction of sp³-hybridized carbons (Fsp3) is 0.543. The van der Waals surface area contributed by atoms with Gasteiger partial charge in [0.25, 0.3) is 0 Å². The van der Waals surface area contributed by atoms with E-state index in [1.54, 1.807) is 48.5 Å². The highest BCUT2D eigenvalue weighted by Crippen LogP contribution is 2.33. The van der Waals surface area contributed by atoms with Crippen LogP contribution < -0.4 is 14.2 Å². The van der Waals surface area contributed by atoms with Crippen LogP contribution in [0.1, 0.15) is 108 Å². The predicted molar refractivity (Wildman–Crippen MR) is 161 cm³/mol. The zero-order chi connectivity index (χ0) is 28.6. The molecule has 1 aliphatic rings. The Balaban J connectivity index is 1.35. The second kappa shape index (κ2) is 17.6. The van der Waals surface area contributed by atoms with Crippen LogP contribution in [-0.4, -0.2) is 18.5 Å². The molecule has 0 aromatic heterocycles. The second-order valence-electron chi connectivity index (χ2n) is 11.3. The minimum atomic E-state index is -0.442. The number of hydrogen-bond donors (Lipinski definition) is 0. The first-order valence-electron chi connectivity index (χ1n) is 15.4. The lowest BCUT2D eigenvalue weighted by atomic mass is 9.80. The number of carbonyl (C=O) groups is 2. The molecule has 2 aromatic rings. The molecule has 1 atom stereocenters. The van der Waals surface area contributed by atoms with Gasteiger partial charge in [0.15, 0.2) is 0 Å². The maximum absolute atomic E-state index is 12.7. The van der Waals surface area contributed by atoms with Gasteiger partial charge in [-0.3, -0.25) is 4.79 Å². The Bertz CT molecular complexity index is 1020. The Morgan fingerprint density at radius 1 is 0.850 bits per heavy atom. The van der Waals surface area contributed by atoms with Crippen molar-refractivity contribution in [2.75, 3.05) is 6.61 Å². The Labute approximate surface area is 241 Å². The van der Waals surface area contributed by atoms with Crippen molar-refractivity contribution >= 4 is 11.9 Å². The highest BCUT2D eigenvalue weighted by atomic mass is 16.5. The molecule has 0 unspecified atom stereocenters. The molecule has 0 spiro atoms. The molecule has 0 amide bonds. The maximum Gasteiger partial charge on any atom is 0.343 e. The van der Waals surface area contributed by atoms with E-state index < -0.39 is 5.97 Å². The fourth-order valence-electron chi connectivity index (χ4n) is 5.20. The number of benzene rings is 2. The van der Waals surface area contributed by atoms with E-state index in [0.29, 0.717) is 23.7 Å². The van der Waals surface area contributed by atoms with Crippen molar-refractivity contribution in [1.29, 1.82) is 0 Å². The number of hydrogen-bond acceptors (Lipinski definition) is 5. The number of unbranched alkanes of at least 4 members (excludes halogenated alkanes) is 4. The Morgan fingerprint density at radius 2 is 1.50 bits per heavy atom. The number of esters is 2. The topological polar surface area (TPSA) is 61.8 Å². The van der Waals surface area contributed by atoms with E-state index in [1.165, 1.54) is 44.9 Å². The first kappa shape index (κ1) is 31.4. The van der Waals surface area contributed by atoms with Crippen molar-refractivity contribution in [2.45, 2.75) is 97.3 Å². The van der Waals surface area contributed by atoms with Crippen LogP contribution in [0.3, 0.4) is 0 Å². The van der Waals surface area contributed by atoms with Crippen LogP contribution >= 0.6 is 0 Å². The van der Waals surface area contributed by atoms with E-state index in [-0.39, 0.29) is 11.9 Å². The lowest BCUT2D eigenvalue weighted by Crippen LogP contribution is -2.25. The van der Waals surface area contributed by atoms with Crippen molar-refractivity contribution in [3.8, 4) is 17.2 Å². The summed E-state index contributed by atoms with van der Waals surface area (Å²) in [5, 5.41) is 0. The Kier molecular flexibility index (Phi) is 13.8. The minimum absolute atomic E-state index is 0.0384. The second-order valence-corrected chi connectivity index (χ2v) is 11.3. The molecular formula is C35H48O5. The molecule has 5 heteroatoms. The van der Waals surface area contributed by atoms with Gasteiger partial charge in [0.2, 0.25) is 0 Å². The third-order valence-corrected chi connectivity index (χ3v) is 8.10. The molecule has 0 N–H and O–H groups in total. The monoisotopic (exact) mass is 548 g/mol. The molecule has 218 valence electrons. The fourth-order valence-corrected chi connectivity index (χ4v) is 5.20. The van der Waals surface area contributed by atoms with Gasteiger partial charge in [-0.05, 0) is 105 Å². The quantitative estimate of drug-likeness (QED) is 0.0853. The molecule has 1 fully saturated rings. The lowest BCUT2D eigenvalue weighted by Gasteiger charge is -2.27. The van der Waals surface area contributed by atoms with E-state index in [2.05, 4.69) is 20.4 Å². The molecule has 0 bridgehead atoms. The summed E-state index contributed by atoms with van der Waals surface area (Å²) >= 11 is 0. The number of rotatable bonds is 17. The molecule has 0 aliphatic heterocycles. The van der Waals surface area contributed by atoms with E-state index >= 15 is 0 Å². The minimum Gasteiger partial charge on any atom is -0.494 e. The van der Waals surface area contributed by atoms with Crippen molar-refractivity contribution in [3.05, 3.63) is 66.7 Å². The van der Waals surface area contributed by atoms with Crippen LogP contribution in [0.2, 0.25) is 0 Å². The van der Waals surface area contributed by atoms with Gasteiger partial charge in [-0.25, -0.2) is 4.79 Å². The summed E-state index contributed by atoms with van der Waals surface area (Å²) in [5.41, 5.74) is 0.452. The molecule has 1 saturated carbocycles. The molecule has 0 radical (unpaired) electrons. The average Bonchev–Trinajstić information content (AvgIpc) is 2.98. The van der Waals surface area contributed by atoms with Gasteiger partial charge >= 0.3 is 11.9 Å². The molecule has 3 rings (SSSR count). The van der Waals surface area contributed by atoms with Crippen LogP contribution in [0.25, 0.3) is 0 Å². The smallest absolute Gasteiger partial charge is 0.343 e. The van der Waals surface area contributed by atoms with Crippen molar-refractivity contribution in [1.82, 2.24) is 0 Å². The Morgan fingerprint density at radius 3 is 2.15 bits per heavy atom. The summed E-state index contributed by atoms with van der Waals surface area (Å²) in [6, 6.07) is 13.7. The van der Waals surface area contributed by atoms with Crippen LogP contribution in [0.5, 0.6) is 17.2 Å². The van der Waals surface area contributed by atoms with Crippen molar-refractivity contribution in [2.24, 2.45) is 17.8 Å². The number of allylic oxidation sites excluding steroid dienone is 1. The van der Waals surface area contributed by atoms with Gasteiger partial charge in [-0.15, -0.1) is 6.58 Å². The SMILES string of the molecule is C=CCCCC[C@H]1CC[C@H](C(=O)Oc2ccc(OC(=O)c3ccc(OCCCCC[C@@H](C)CC)cc3)cc2)CC1. The highest BCUT2D eigenvalue weighted by molar-refractivity contribution is 5.91. The van der Waals surface area contributed by atoms with E-state index in [4.69, 9.17) is 14.2 Å². The highest BCUT2D eigenvalue weighted by Gasteiger charge is 2.27. The van der Waals surface area contributed by atoms with Crippen molar-refractivity contribution in [3.63, 3.8) is 0 Å². The van der Waals surface area contributed by atoms with Gasteiger partial charge in [-0.2, -0.15) is 0 Å². The lowest BCUT2D eigenvalue weighted by molar-refractivity contribution is -0.140. The zero-order valence-corrected chi connectivity index (χ0v) is 24.6. The van der Waals surface area contributed by atoms with Crippen LogP contribution in [0.4, 0.5) is 0 Å². The largest absolute Gasteiger partial charge is 0.494 e. The van der Waals surface area contributed by atoms with Gasteiger partial charge in [0.1, 0.15) is 17.2 Å². The van der Waals surface area contributed by atoms with Gasteiger partial charge in [-0.1, -0.05) is 58.4 Å². The third kappa shape index (κ3) is 11.2. The summed E-state index contributed by atoms with van der Waals surface area (Å²) in [6.07, 6.45) is 16.7. The Hall–Kier alpha value is -3.08. The number of ether oxygens (including phenoxy) is 3. The van der Waals surface area contributed by atoms with Crippen molar-refractivity contribution < 1.29 is 23.8 Å². The predicted octanol–water partition coefficient (Wildman–Crippen LogP) is 9.35. The van der Waals surface area contributed by atoms with Gasteiger partial charge in [0.05, 0.1) is 18.1 Å². The summed E-state index contributed by atoms with van der Waals surface area (Å²) in [7, 11) is 0. The van der Waals surface area contributed by atoms with Gasteiger partial charge in [0, 0.05) is 0 Å². The average molecular weight is 549 g/mol. The summed E-state index contributed by atoms with van der Waals surface area (Å²) < 4.78 is 16.9. The van der Waals surface area contributed by atoms with Gasteiger partial charge < -0.3 is 14.2 Å². The molecule has 0 saturated heterocycles. The summed E-state index contributed by atoms with van der Waals surface area (Å²) in [5.74, 6) is 2.50. The first-order chi connectivity index (χ1) is 19.5. The first-order valence-corrected chi connectivity index (χ1v) is 15.4. The standard InChI is InChI=1S/C35H48O5/c1-4-6-7-10-13-28-14-16-29(17-15-28)34(36)39-32-22-24-33(25-23-32)40-35(37)30-18-20-31(21-19-30)38-26-11-8-9-12-27(3)5-2/h4,18-25,27-29H,1,5-17,26H2,2-3H3/t27-,28-,29-/m0/s1. The molecule has 2 aromatic carbocycles. The summed E-state index contributed by atoms with van der Waals surface area (Å²) in [6.45, 7) is 9.00. The van der Waals surface area contributed by atoms with Crippen LogP contribution in [-0.2, 0) is 4.79 Å². The molecule has 40 heavy (non-hydrogen) atoms. The molecule has 5 nitrogen and oxygen atoms in total.